The average Bonchev–Trinajstić information content (AvgIpc) is 3.18. The zero-order valence-electron chi connectivity index (χ0n) is 15.4. The van der Waals surface area contributed by atoms with Crippen LogP contribution in [0.3, 0.4) is 0 Å². The van der Waals surface area contributed by atoms with Crippen LogP contribution in [0.25, 0.3) is 0 Å². The predicted molar refractivity (Wildman–Crippen MR) is 112 cm³/mol. The number of aromatic nitrogens is 1. The number of nitrogens with one attached hydrogen (secondary N) is 1. The zero-order valence-corrected chi connectivity index (χ0v) is 16.9. The Kier molecular flexibility index (Phi) is 5.25. The Morgan fingerprint density at radius 2 is 1.90 bits per heavy atom. The number of rotatable bonds is 5. The van der Waals surface area contributed by atoms with Gasteiger partial charge in [-0.05, 0) is 48.4 Å². The van der Waals surface area contributed by atoms with E-state index >= 15 is 0 Å². The number of carbonyl (C=O) groups is 1. The van der Waals surface area contributed by atoms with Crippen molar-refractivity contribution in [2.24, 2.45) is 0 Å². The number of amides is 1. The Morgan fingerprint density at radius 3 is 2.69 bits per heavy atom. The second kappa shape index (κ2) is 7.85. The second-order valence-electron chi connectivity index (χ2n) is 6.60. The highest BCUT2D eigenvalue weighted by molar-refractivity contribution is 7.93. The molecule has 0 spiro atoms. The molecular formula is C21H18ClN3O3S. The molecule has 0 radical (unpaired) electrons. The summed E-state index contributed by atoms with van der Waals surface area (Å²) in [6.07, 6.45) is 2.28. The first kappa shape index (κ1) is 19.4. The van der Waals surface area contributed by atoms with Gasteiger partial charge in [0.05, 0.1) is 22.9 Å². The quantitative estimate of drug-likeness (QED) is 0.676. The van der Waals surface area contributed by atoms with Crippen LogP contribution < -0.4 is 9.62 Å². The van der Waals surface area contributed by atoms with E-state index in [0.717, 1.165) is 5.56 Å². The summed E-state index contributed by atoms with van der Waals surface area (Å²) in [6.45, 7) is 0.581. The largest absolute Gasteiger partial charge is 0.346 e. The number of pyridine rings is 1. The molecule has 1 aliphatic rings. The van der Waals surface area contributed by atoms with E-state index in [4.69, 9.17) is 11.6 Å². The van der Waals surface area contributed by atoms with Crippen LogP contribution in [-0.4, -0.2) is 25.9 Å². The van der Waals surface area contributed by atoms with Crippen LogP contribution in [0.2, 0.25) is 5.02 Å². The van der Waals surface area contributed by atoms with Gasteiger partial charge in [-0.25, -0.2) is 8.42 Å². The third-order valence-corrected chi connectivity index (χ3v) is 7.06. The maximum absolute atomic E-state index is 13.3. The van der Waals surface area contributed by atoms with Gasteiger partial charge in [-0.3, -0.25) is 14.1 Å². The number of nitrogens with zero attached hydrogens (tertiary/aromatic N) is 2. The summed E-state index contributed by atoms with van der Waals surface area (Å²) in [5, 5.41) is 2.82. The smallest absolute Gasteiger partial charge is 0.265 e. The van der Waals surface area contributed by atoms with Gasteiger partial charge in [0, 0.05) is 18.3 Å². The maximum Gasteiger partial charge on any atom is 0.265 e. The minimum atomic E-state index is -3.90. The molecule has 1 aliphatic heterocycles. The fourth-order valence-corrected chi connectivity index (χ4v) is 5.30. The molecule has 3 aromatic rings. The van der Waals surface area contributed by atoms with E-state index in [1.54, 1.807) is 30.5 Å². The molecule has 0 saturated carbocycles. The summed E-state index contributed by atoms with van der Waals surface area (Å²) in [4.78, 5) is 16.6. The van der Waals surface area contributed by atoms with Gasteiger partial charge in [0.15, 0.2) is 0 Å². The lowest BCUT2D eigenvalue weighted by molar-refractivity contribution is 0.0950. The summed E-state index contributed by atoms with van der Waals surface area (Å²) in [7, 11) is -3.90. The molecule has 148 valence electrons. The molecule has 0 saturated heterocycles. The van der Waals surface area contributed by atoms with E-state index in [9.17, 15) is 13.2 Å². The Balaban J connectivity index is 1.61. The fraction of sp³-hybridized carbons (Fsp3) is 0.143. The van der Waals surface area contributed by atoms with Crippen LogP contribution >= 0.6 is 11.6 Å². The number of benzene rings is 2. The number of sulfonamides is 1. The van der Waals surface area contributed by atoms with Crippen LogP contribution in [0, 0.1) is 0 Å². The third-order valence-electron chi connectivity index (χ3n) is 4.76. The lowest BCUT2D eigenvalue weighted by atomic mass is 10.2. The molecule has 0 unspecified atom stereocenters. The number of hydrogen-bond donors (Lipinski definition) is 1. The molecule has 1 N–H and O–H groups in total. The van der Waals surface area contributed by atoms with Crippen molar-refractivity contribution in [1.82, 2.24) is 10.3 Å². The van der Waals surface area contributed by atoms with E-state index in [0.29, 0.717) is 24.3 Å². The first-order valence-electron chi connectivity index (χ1n) is 9.05. The number of anilines is 1. The number of para-hydroxylation sites is 1. The molecule has 2 heterocycles. The van der Waals surface area contributed by atoms with Gasteiger partial charge in [-0.15, -0.1) is 0 Å². The zero-order chi connectivity index (χ0) is 20.4. The fourth-order valence-electron chi connectivity index (χ4n) is 3.29. The number of hydrogen-bond acceptors (Lipinski definition) is 4. The second-order valence-corrected chi connectivity index (χ2v) is 8.84. The highest BCUT2D eigenvalue weighted by atomic mass is 35.5. The molecule has 0 aliphatic carbocycles. The lowest BCUT2D eigenvalue weighted by Gasteiger charge is -2.20. The minimum Gasteiger partial charge on any atom is -0.346 e. The lowest BCUT2D eigenvalue weighted by Crippen LogP contribution is -2.30. The Hall–Kier alpha value is -2.90. The summed E-state index contributed by atoms with van der Waals surface area (Å²) in [5.41, 5.74) is 2.54. The maximum atomic E-state index is 13.3. The van der Waals surface area contributed by atoms with Crippen molar-refractivity contribution in [2.45, 2.75) is 17.9 Å². The van der Waals surface area contributed by atoms with Gasteiger partial charge in [0.1, 0.15) is 4.90 Å². The van der Waals surface area contributed by atoms with Crippen LogP contribution in [0.4, 0.5) is 5.69 Å². The predicted octanol–water partition coefficient (Wildman–Crippen LogP) is 3.42. The van der Waals surface area contributed by atoms with Gasteiger partial charge >= 0.3 is 0 Å². The Labute approximate surface area is 174 Å². The first-order chi connectivity index (χ1) is 14.0. The van der Waals surface area contributed by atoms with Crippen molar-refractivity contribution in [3.05, 3.63) is 88.7 Å². The molecule has 0 atom stereocenters. The van der Waals surface area contributed by atoms with Crippen LogP contribution in [0.15, 0.2) is 71.8 Å². The number of fused-ring (bicyclic) bond motifs is 1. The standard InChI is InChI=1S/C21H18ClN3O3S/c22-18-9-8-16(21(26)24-14-17-6-3-4-11-23-17)13-20(18)29(27,28)25-12-10-15-5-1-2-7-19(15)25/h1-9,11,13H,10,12,14H2,(H,24,26). The van der Waals surface area contributed by atoms with Crippen LogP contribution in [0.1, 0.15) is 21.6 Å². The molecule has 0 fully saturated rings. The molecule has 6 nitrogen and oxygen atoms in total. The van der Waals surface area contributed by atoms with E-state index in [-0.39, 0.29) is 22.0 Å². The van der Waals surface area contributed by atoms with Crippen molar-refractivity contribution in [1.29, 1.82) is 0 Å². The van der Waals surface area contributed by atoms with E-state index < -0.39 is 15.9 Å². The van der Waals surface area contributed by atoms with Gasteiger partial charge in [-0.2, -0.15) is 0 Å². The summed E-state index contributed by atoms with van der Waals surface area (Å²) in [5.74, 6) is -0.398. The average molecular weight is 428 g/mol. The molecule has 8 heteroatoms. The van der Waals surface area contributed by atoms with Crippen molar-refractivity contribution in [2.75, 3.05) is 10.8 Å². The topological polar surface area (TPSA) is 79.4 Å². The van der Waals surface area contributed by atoms with Crippen LogP contribution in [-0.2, 0) is 23.0 Å². The van der Waals surface area contributed by atoms with Crippen molar-refractivity contribution >= 4 is 33.2 Å². The number of carbonyl (C=O) groups excluding carboxylic acids is 1. The molecule has 29 heavy (non-hydrogen) atoms. The highest BCUT2D eigenvalue weighted by Crippen LogP contribution is 2.35. The number of halogens is 1. The van der Waals surface area contributed by atoms with Crippen molar-refractivity contribution in [3.8, 4) is 0 Å². The normalized spacial score (nSPS) is 13.2. The monoisotopic (exact) mass is 427 g/mol. The molecule has 0 bridgehead atoms. The van der Waals surface area contributed by atoms with Gasteiger partial charge in [0.2, 0.25) is 0 Å². The van der Waals surface area contributed by atoms with Crippen molar-refractivity contribution < 1.29 is 13.2 Å². The van der Waals surface area contributed by atoms with E-state index in [1.807, 2.05) is 18.2 Å². The molecule has 2 aromatic carbocycles. The van der Waals surface area contributed by atoms with Gasteiger partial charge in [0.25, 0.3) is 15.9 Å². The van der Waals surface area contributed by atoms with Crippen molar-refractivity contribution in [3.63, 3.8) is 0 Å². The Morgan fingerprint density at radius 1 is 1.10 bits per heavy atom. The molecular weight excluding hydrogens is 410 g/mol. The van der Waals surface area contributed by atoms with Gasteiger partial charge < -0.3 is 5.32 Å². The van der Waals surface area contributed by atoms with E-state index in [1.165, 1.54) is 22.5 Å². The minimum absolute atomic E-state index is 0.0793. The summed E-state index contributed by atoms with van der Waals surface area (Å²) in [6, 6.07) is 17.1. The summed E-state index contributed by atoms with van der Waals surface area (Å²) >= 11 is 6.22. The third kappa shape index (κ3) is 3.83. The molecule has 1 aromatic heterocycles. The Bertz CT molecular complexity index is 1170. The molecule has 4 rings (SSSR count). The summed E-state index contributed by atoms with van der Waals surface area (Å²) < 4.78 is 27.9. The van der Waals surface area contributed by atoms with E-state index in [2.05, 4.69) is 10.3 Å². The molecule has 1 amide bonds. The SMILES string of the molecule is O=C(NCc1ccccn1)c1ccc(Cl)c(S(=O)(=O)N2CCc3ccccc32)c1. The highest BCUT2D eigenvalue weighted by Gasteiger charge is 2.32. The van der Waals surface area contributed by atoms with Gasteiger partial charge in [-0.1, -0.05) is 35.9 Å². The first-order valence-corrected chi connectivity index (χ1v) is 10.9. The van der Waals surface area contributed by atoms with Crippen LogP contribution in [0.5, 0.6) is 0 Å².